The molecule has 1 aromatic heterocycles. The van der Waals surface area contributed by atoms with Gasteiger partial charge in [-0.05, 0) is 13.8 Å². The molecule has 0 bridgehead atoms. The molecule has 0 radical (unpaired) electrons. The van der Waals surface area contributed by atoms with Gasteiger partial charge in [0.25, 0.3) is 0 Å². The maximum atomic E-state index is 13.1. The molecule has 13 heavy (non-hydrogen) atoms. The second-order valence-electron chi connectivity index (χ2n) is 3.32. The van der Waals surface area contributed by atoms with E-state index in [4.69, 9.17) is 5.73 Å². The number of nitrogens with two attached hydrogens (primary N) is 1. The fourth-order valence-corrected chi connectivity index (χ4v) is 0.878. The summed E-state index contributed by atoms with van der Waals surface area (Å²) >= 11 is 0. The van der Waals surface area contributed by atoms with Gasteiger partial charge >= 0.3 is 0 Å². The molecule has 1 rings (SSSR count). The number of H-pyrrole nitrogens is 1. The van der Waals surface area contributed by atoms with Gasteiger partial charge in [-0.2, -0.15) is 5.10 Å². The summed E-state index contributed by atoms with van der Waals surface area (Å²) in [5.74, 6) is -1.28. The van der Waals surface area contributed by atoms with Crippen LogP contribution >= 0.6 is 0 Å². The number of aromatic amines is 1. The fraction of sp³-hybridized carbons (Fsp3) is 0.571. The fourth-order valence-electron chi connectivity index (χ4n) is 0.878. The number of anilines is 1. The summed E-state index contributed by atoms with van der Waals surface area (Å²) in [7, 11) is 0. The van der Waals surface area contributed by atoms with Crippen LogP contribution in [0, 0.1) is 5.82 Å². The normalized spacial score (nSPS) is 12.5. The van der Waals surface area contributed by atoms with E-state index < -0.39 is 17.7 Å². The molecular weight excluding hydrogens is 183 g/mol. The van der Waals surface area contributed by atoms with Crippen molar-refractivity contribution < 1.29 is 13.2 Å². The van der Waals surface area contributed by atoms with E-state index in [-0.39, 0.29) is 11.5 Å². The Morgan fingerprint density at radius 2 is 2.00 bits per heavy atom. The summed E-state index contributed by atoms with van der Waals surface area (Å²) in [5.41, 5.74) is 3.21. The minimum Gasteiger partial charge on any atom is -0.380 e. The van der Waals surface area contributed by atoms with Crippen molar-refractivity contribution in [1.82, 2.24) is 10.2 Å². The number of halogens is 3. The lowest BCUT2D eigenvalue weighted by molar-refractivity contribution is 0.0651. The van der Waals surface area contributed by atoms with Gasteiger partial charge < -0.3 is 5.73 Å². The lowest BCUT2D eigenvalue weighted by Crippen LogP contribution is -2.28. The van der Waals surface area contributed by atoms with Crippen molar-refractivity contribution in [3.05, 3.63) is 11.5 Å². The monoisotopic (exact) mass is 193 g/mol. The SMILES string of the molecule is CC(C)(c1[nH]nc(N)c1F)C(F)F. The van der Waals surface area contributed by atoms with E-state index in [1.807, 2.05) is 0 Å². The topological polar surface area (TPSA) is 54.7 Å². The lowest BCUT2D eigenvalue weighted by atomic mass is 9.90. The number of nitrogens with one attached hydrogen (secondary N) is 1. The molecule has 0 saturated heterocycles. The molecule has 6 heteroatoms. The summed E-state index contributed by atoms with van der Waals surface area (Å²) in [6.07, 6.45) is -2.68. The first kappa shape index (κ1) is 9.88. The summed E-state index contributed by atoms with van der Waals surface area (Å²) in [4.78, 5) is 0. The predicted molar refractivity (Wildman–Crippen MR) is 42.0 cm³/mol. The average Bonchev–Trinajstić information content (AvgIpc) is 2.33. The van der Waals surface area contributed by atoms with Crippen LogP contribution in [0.25, 0.3) is 0 Å². The highest BCUT2D eigenvalue weighted by Gasteiger charge is 2.36. The van der Waals surface area contributed by atoms with E-state index in [2.05, 4.69) is 10.2 Å². The van der Waals surface area contributed by atoms with Gasteiger partial charge in [-0.3, -0.25) is 5.10 Å². The molecule has 0 amide bonds. The van der Waals surface area contributed by atoms with Crippen LogP contribution in [-0.4, -0.2) is 16.6 Å². The zero-order chi connectivity index (χ0) is 10.2. The minimum absolute atomic E-state index is 0.264. The van der Waals surface area contributed by atoms with Gasteiger partial charge in [-0.1, -0.05) is 0 Å². The molecule has 0 saturated carbocycles. The first-order valence-electron chi connectivity index (χ1n) is 3.65. The van der Waals surface area contributed by atoms with Crippen molar-refractivity contribution in [1.29, 1.82) is 0 Å². The molecule has 0 atom stereocenters. The Morgan fingerprint density at radius 3 is 2.31 bits per heavy atom. The van der Waals surface area contributed by atoms with Crippen LogP contribution in [0.3, 0.4) is 0 Å². The third-order valence-electron chi connectivity index (χ3n) is 1.92. The van der Waals surface area contributed by atoms with Gasteiger partial charge in [0.15, 0.2) is 11.6 Å². The van der Waals surface area contributed by atoms with Crippen LogP contribution in [0.1, 0.15) is 19.5 Å². The van der Waals surface area contributed by atoms with E-state index in [0.29, 0.717) is 0 Å². The molecular formula is C7H10F3N3. The van der Waals surface area contributed by atoms with Crippen LogP contribution in [0.2, 0.25) is 0 Å². The summed E-state index contributed by atoms with van der Waals surface area (Å²) in [5, 5.41) is 5.47. The van der Waals surface area contributed by atoms with Gasteiger partial charge in [0.05, 0.1) is 11.1 Å². The third-order valence-corrected chi connectivity index (χ3v) is 1.92. The molecule has 3 N–H and O–H groups in total. The molecule has 3 nitrogen and oxygen atoms in total. The van der Waals surface area contributed by atoms with Gasteiger partial charge in [-0.25, -0.2) is 13.2 Å². The van der Waals surface area contributed by atoms with E-state index >= 15 is 0 Å². The Morgan fingerprint density at radius 1 is 1.46 bits per heavy atom. The summed E-state index contributed by atoms with van der Waals surface area (Å²) in [6.45, 7) is 2.43. The lowest BCUT2D eigenvalue weighted by Gasteiger charge is -2.21. The highest BCUT2D eigenvalue weighted by molar-refractivity contribution is 5.35. The predicted octanol–water partition coefficient (Wildman–Crippen LogP) is 1.67. The smallest absolute Gasteiger partial charge is 0.249 e. The molecule has 1 aromatic rings. The highest BCUT2D eigenvalue weighted by Crippen LogP contribution is 2.31. The number of alkyl halides is 2. The minimum atomic E-state index is -2.68. The summed E-state index contributed by atoms with van der Waals surface area (Å²) < 4.78 is 37.9. The molecule has 0 fully saturated rings. The van der Waals surface area contributed by atoms with Crippen molar-refractivity contribution in [2.45, 2.75) is 25.7 Å². The Kier molecular flexibility index (Phi) is 2.23. The zero-order valence-electron chi connectivity index (χ0n) is 7.24. The Labute approximate surface area is 73.1 Å². The highest BCUT2D eigenvalue weighted by atomic mass is 19.3. The van der Waals surface area contributed by atoms with Crippen molar-refractivity contribution in [2.75, 3.05) is 5.73 Å². The van der Waals surface area contributed by atoms with Gasteiger partial charge in [0.2, 0.25) is 6.43 Å². The number of nitrogens with zero attached hydrogens (tertiary/aromatic N) is 1. The third kappa shape index (κ3) is 1.48. The number of hydrogen-bond acceptors (Lipinski definition) is 2. The Bertz CT molecular complexity index is 306. The number of hydrogen-bond donors (Lipinski definition) is 2. The van der Waals surface area contributed by atoms with E-state index in [1.54, 1.807) is 0 Å². The zero-order valence-corrected chi connectivity index (χ0v) is 7.24. The second-order valence-corrected chi connectivity index (χ2v) is 3.32. The van der Waals surface area contributed by atoms with E-state index in [9.17, 15) is 13.2 Å². The number of rotatable bonds is 2. The summed E-state index contributed by atoms with van der Waals surface area (Å²) in [6, 6.07) is 0. The molecule has 74 valence electrons. The molecule has 0 spiro atoms. The Hall–Kier alpha value is -1.20. The van der Waals surface area contributed by atoms with Crippen molar-refractivity contribution in [3.8, 4) is 0 Å². The van der Waals surface area contributed by atoms with Crippen LogP contribution in [-0.2, 0) is 5.41 Å². The standard InChI is InChI=1S/C7H10F3N3/c1-7(2,6(9)10)4-3(8)5(11)13-12-4/h6H,1-2H3,(H3,11,12,13). The molecule has 0 aliphatic heterocycles. The van der Waals surface area contributed by atoms with Gasteiger partial charge in [0, 0.05) is 0 Å². The second kappa shape index (κ2) is 2.93. The Balaban J connectivity index is 3.14. The maximum absolute atomic E-state index is 13.1. The molecule has 0 aliphatic rings. The van der Waals surface area contributed by atoms with Crippen LogP contribution in [0.4, 0.5) is 19.0 Å². The van der Waals surface area contributed by atoms with E-state index in [1.165, 1.54) is 13.8 Å². The van der Waals surface area contributed by atoms with E-state index in [0.717, 1.165) is 0 Å². The van der Waals surface area contributed by atoms with Crippen LogP contribution in [0.5, 0.6) is 0 Å². The molecule has 0 aromatic carbocycles. The number of aromatic nitrogens is 2. The number of nitrogen functional groups attached to an aromatic ring is 1. The van der Waals surface area contributed by atoms with Gasteiger partial charge in [-0.15, -0.1) is 0 Å². The quantitative estimate of drug-likeness (QED) is 0.750. The maximum Gasteiger partial charge on any atom is 0.249 e. The van der Waals surface area contributed by atoms with Crippen molar-refractivity contribution >= 4 is 5.82 Å². The average molecular weight is 193 g/mol. The largest absolute Gasteiger partial charge is 0.380 e. The molecule has 1 heterocycles. The first-order chi connectivity index (χ1) is 5.87. The van der Waals surface area contributed by atoms with Crippen LogP contribution < -0.4 is 5.73 Å². The van der Waals surface area contributed by atoms with Crippen molar-refractivity contribution in [3.63, 3.8) is 0 Å². The molecule has 0 aliphatic carbocycles. The van der Waals surface area contributed by atoms with Crippen LogP contribution in [0.15, 0.2) is 0 Å². The van der Waals surface area contributed by atoms with Gasteiger partial charge in [0.1, 0.15) is 0 Å². The van der Waals surface area contributed by atoms with Crippen molar-refractivity contribution in [2.24, 2.45) is 0 Å². The first-order valence-corrected chi connectivity index (χ1v) is 3.65. The molecule has 0 unspecified atom stereocenters.